The number of pyridine rings is 1. The van der Waals surface area contributed by atoms with E-state index in [1.54, 1.807) is 29.5 Å². The van der Waals surface area contributed by atoms with E-state index in [0.29, 0.717) is 24.7 Å². The molecule has 2 aromatic rings. The standard InChI is InChI=1S/C16H20N4O3/c1-22-15-14(5-2-6-17-15)18-16(21)20-9-7-19(8-10-20)12-13-4-3-11-23-13/h2-6,11H,7-10,12H2,1H3,(H,18,21). The molecule has 3 heterocycles. The van der Waals surface area contributed by atoms with E-state index in [9.17, 15) is 4.79 Å². The minimum absolute atomic E-state index is 0.131. The molecule has 1 fully saturated rings. The molecular weight excluding hydrogens is 296 g/mol. The number of methoxy groups -OCH3 is 1. The van der Waals surface area contributed by atoms with Gasteiger partial charge < -0.3 is 19.4 Å². The molecule has 7 heteroatoms. The van der Waals surface area contributed by atoms with Crippen molar-refractivity contribution in [1.82, 2.24) is 14.8 Å². The SMILES string of the molecule is COc1ncccc1NC(=O)N1CCN(Cc2ccco2)CC1. The van der Waals surface area contributed by atoms with Gasteiger partial charge in [-0.15, -0.1) is 0 Å². The van der Waals surface area contributed by atoms with Crippen LogP contribution in [0.2, 0.25) is 0 Å². The van der Waals surface area contributed by atoms with E-state index in [1.165, 1.54) is 7.11 Å². The molecule has 1 N–H and O–H groups in total. The Balaban J connectivity index is 1.52. The van der Waals surface area contributed by atoms with Gasteiger partial charge in [0.2, 0.25) is 5.88 Å². The number of carbonyl (C=O) groups is 1. The van der Waals surface area contributed by atoms with Gasteiger partial charge in [0, 0.05) is 32.4 Å². The number of carbonyl (C=O) groups excluding carboxylic acids is 1. The highest BCUT2D eigenvalue weighted by molar-refractivity contribution is 5.90. The van der Waals surface area contributed by atoms with Gasteiger partial charge in [0.1, 0.15) is 11.4 Å². The summed E-state index contributed by atoms with van der Waals surface area (Å²) >= 11 is 0. The summed E-state index contributed by atoms with van der Waals surface area (Å²) in [6.07, 6.45) is 3.31. The third-order valence-corrected chi connectivity index (χ3v) is 3.83. The Bertz CT molecular complexity index is 637. The fourth-order valence-electron chi connectivity index (χ4n) is 2.57. The molecule has 7 nitrogen and oxygen atoms in total. The average Bonchev–Trinajstić information content (AvgIpc) is 3.09. The van der Waals surface area contributed by atoms with Gasteiger partial charge in [-0.05, 0) is 24.3 Å². The zero-order chi connectivity index (χ0) is 16.1. The van der Waals surface area contributed by atoms with Gasteiger partial charge in [0.05, 0.1) is 19.9 Å². The predicted octanol–water partition coefficient (Wildman–Crippen LogP) is 2.03. The first-order chi connectivity index (χ1) is 11.3. The Labute approximate surface area is 134 Å². The number of piperazine rings is 1. The number of hydrogen-bond donors (Lipinski definition) is 1. The van der Waals surface area contributed by atoms with Gasteiger partial charge in [-0.25, -0.2) is 9.78 Å². The molecule has 3 rings (SSSR count). The summed E-state index contributed by atoms with van der Waals surface area (Å²) in [5.74, 6) is 1.36. The van der Waals surface area contributed by atoms with E-state index in [0.717, 1.165) is 25.4 Å². The van der Waals surface area contributed by atoms with Crippen molar-refractivity contribution in [2.24, 2.45) is 0 Å². The monoisotopic (exact) mass is 316 g/mol. The number of aromatic nitrogens is 1. The predicted molar refractivity (Wildman–Crippen MR) is 85.4 cm³/mol. The maximum atomic E-state index is 12.4. The lowest BCUT2D eigenvalue weighted by atomic mass is 10.3. The first-order valence-electron chi connectivity index (χ1n) is 7.56. The number of nitrogens with one attached hydrogen (secondary N) is 1. The fourth-order valence-corrected chi connectivity index (χ4v) is 2.57. The molecule has 1 aliphatic heterocycles. The normalized spacial score (nSPS) is 15.4. The van der Waals surface area contributed by atoms with Crippen molar-refractivity contribution in [3.63, 3.8) is 0 Å². The van der Waals surface area contributed by atoms with Crippen molar-refractivity contribution < 1.29 is 13.9 Å². The lowest BCUT2D eigenvalue weighted by Crippen LogP contribution is -2.49. The molecule has 1 saturated heterocycles. The Morgan fingerprint density at radius 2 is 2.13 bits per heavy atom. The molecule has 0 spiro atoms. The number of amides is 2. The van der Waals surface area contributed by atoms with Crippen LogP contribution in [0.15, 0.2) is 41.1 Å². The van der Waals surface area contributed by atoms with Crippen LogP contribution >= 0.6 is 0 Å². The Morgan fingerprint density at radius 3 is 2.83 bits per heavy atom. The molecule has 0 aliphatic carbocycles. The number of furan rings is 1. The van der Waals surface area contributed by atoms with Crippen LogP contribution < -0.4 is 10.1 Å². The third kappa shape index (κ3) is 3.81. The minimum Gasteiger partial charge on any atom is -0.480 e. The molecule has 0 bridgehead atoms. The molecule has 0 unspecified atom stereocenters. The number of urea groups is 1. The number of ether oxygens (including phenoxy) is 1. The van der Waals surface area contributed by atoms with Gasteiger partial charge in [-0.1, -0.05) is 0 Å². The van der Waals surface area contributed by atoms with E-state index >= 15 is 0 Å². The first-order valence-corrected chi connectivity index (χ1v) is 7.56. The minimum atomic E-state index is -0.131. The molecule has 2 aromatic heterocycles. The number of anilines is 1. The smallest absolute Gasteiger partial charge is 0.322 e. The van der Waals surface area contributed by atoms with E-state index in [4.69, 9.17) is 9.15 Å². The van der Waals surface area contributed by atoms with Crippen LogP contribution in [-0.4, -0.2) is 54.1 Å². The summed E-state index contributed by atoms with van der Waals surface area (Å²) in [4.78, 5) is 20.5. The summed E-state index contributed by atoms with van der Waals surface area (Å²) in [6.45, 7) is 3.76. The Morgan fingerprint density at radius 1 is 1.30 bits per heavy atom. The van der Waals surface area contributed by atoms with Crippen molar-refractivity contribution in [1.29, 1.82) is 0 Å². The third-order valence-electron chi connectivity index (χ3n) is 3.83. The summed E-state index contributed by atoms with van der Waals surface area (Å²) in [5.41, 5.74) is 0.581. The van der Waals surface area contributed by atoms with Gasteiger partial charge in [-0.3, -0.25) is 4.90 Å². The maximum absolute atomic E-state index is 12.4. The lowest BCUT2D eigenvalue weighted by molar-refractivity contribution is 0.137. The topological polar surface area (TPSA) is 70.8 Å². The van der Waals surface area contributed by atoms with E-state index in [-0.39, 0.29) is 6.03 Å². The molecule has 0 radical (unpaired) electrons. The second kappa shape index (κ2) is 7.15. The van der Waals surface area contributed by atoms with Gasteiger partial charge >= 0.3 is 6.03 Å². The van der Waals surface area contributed by atoms with Gasteiger partial charge in [0.15, 0.2) is 0 Å². The quantitative estimate of drug-likeness (QED) is 0.934. The van der Waals surface area contributed by atoms with Crippen LogP contribution in [0, 0.1) is 0 Å². The van der Waals surface area contributed by atoms with Crippen LogP contribution in [0.4, 0.5) is 10.5 Å². The van der Waals surface area contributed by atoms with Gasteiger partial charge in [-0.2, -0.15) is 0 Å². The number of rotatable bonds is 4. The van der Waals surface area contributed by atoms with Crippen LogP contribution in [-0.2, 0) is 6.54 Å². The highest BCUT2D eigenvalue weighted by atomic mass is 16.5. The fraction of sp³-hybridized carbons (Fsp3) is 0.375. The van der Waals surface area contributed by atoms with Crippen molar-refractivity contribution in [3.05, 3.63) is 42.5 Å². The summed E-state index contributed by atoms with van der Waals surface area (Å²) in [7, 11) is 1.53. The molecule has 2 amide bonds. The summed E-state index contributed by atoms with van der Waals surface area (Å²) < 4.78 is 10.5. The molecule has 23 heavy (non-hydrogen) atoms. The van der Waals surface area contributed by atoms with Crippen molar-refractivity contribution >= 4 is 11.7 Å². The first kappa shape index (κ1) is 15.4. The number of hydrogen-bond acceptors (Lipinski definition) is 5. The second-order valence-electron chi connectivity index (χ2n) is 5.33. The molecule has 1 aliphatic rings. The van der Waals surface area contributed by atoms with Crippen molar-refractivity contribution in [2.75, 3.05) is 38.6 Å². The van der Waals surface area contributed by atoms with Gasteiger partial charge in [0.25, 0.3) is 0 Å². The van der Waals surface area contributed by atoms with E-state index in [1.807, 2.05) is 12.1 Å². The summed E-state index contributed by atoms with van der Waals surface area (Å²) in [6, 6.07) is 7.26. The van der Waals surface area contributed by atoms with Crippen LogP contribution in [0.3, 0.4) is 0 Å². The zero-order valence-corrected chi connectivity index (χ0v) is 13.1. The molecule has 0 saturated carbocycles. The van der Waals surface area contributed by atoms with E-state index in [2.05, 4.69) is 15.2 Å². The number of nitrogens with zero attached hydrogens (tertiary/aromatic N) is 3. The maximum Gasteiger partial charge on any atom is 0.322 e. The highest BCUT2D eigenvalue weighted by Gasteiger charge is 2.22. The molecule has 122 valence electrons. The molecule has 0 aromatic carbocycles. The highest BCUT2D eigenvalue weighted by Crippen LogP contribution is 2.20. The molecular formula is C16H20N4O3. The zero-order valence-electron chi connectivity index (χ0n) is 13.1. The van der Waals surface area contributed by atoms with Crippen LogP contribution in [0.5, 0.6) is 5.88 Å². The van der Waals surface area contributed by atoms with E-state index < -0.39 is 0 Å². The van der Waals surface area contributed by atoms with Crippen LogP contribution in [0.25, 0.3) is 0 Å². The lowest BCUT2D eigenvalue weighted by Gasteiger charge is -2.34. The summed E-state index contributed by atoms with van der Waals surface area (Å²) in [5, 5.41) is 2.85. The average molecular weight is 316 g/mol. The molecule has 0 atom stereocenters. The Kier molecular flexibility index (Phi) is 4.77. The van der Waals surface area contributed by atoms with Crippen LogP contribution in [0.1, 0.15) is 5.76 Å². The van der Waals surface area contributed by atoms with Crippen molar-refractivity contribution in [2.45, 2.75) is 6.54 Å². The largest absolute Gasteiger partial charge is 0.480 e. The van der Waals surface area contributed by atoms with Crippen molar-refractivity contribution in [3.8, 4) is 5.88 Å². The second-order valence-corrected chi connectivity index (χ2v) is 5.33. The Hall–Kier alpha value is -2.54.